The van der Waals surface area contributed by atoms with Gasteiger partial charge >= 0.3 is 0 Å². The smallest absolute Gasteiger partial charge is 0.154 e. The molecule has 130 valence electrons. The van der Waals surface area contributed by atoms with Crippen molar-refractivity contribution in [2.45, 2.75) is 77.4 Å². The third-order valence-corrected chi connectivity index (χ3v) is 4.29. The predicted molar refractivity (Wildman–Crippen MR) is 93.6 cm³/mol. The Bertz CT molecular complexity index is 272. The van der Waals surface area contributed by atoms with Crippen LogP contribution in [0.2, 0.25) is 0 Å². The highest BCUT2D eigenvalue weighted by Gasteiger charge is 2.08. The molecule has 4 heteroatoms. The van der Waals surface area contributed by atoms with Gasteiger partial charge in [-0.05, 0) is 12.8 Å². The van der Waals surface area contributed by atoms with Gasteiger partial charge in [0.15, 0.2) is 6.29 Å². The average molecular weight is 312 g/mol. The summed E-state index contributed by atoms with van der Waals surface area (Å²) in [5, 5.41) is 9.81. The lowest BCUT2D eigenvalue weighted by atomic mass is 10.1. The molecule has 0 spiro atoms. The molecular formula is C18H36N2O2. The molecule has 0 saturated carbocycles. The minimum atomic E-state index is -0.581. The van der Waals surface area contributed by atoms with Crippen LogP contribution in [0.1, 0.15) is 71.1 Å². The molecule has 22 heavy (non-hydrogen) atoms. The van der Waals surface area contributed by atoms with Crippen LogP contribution in [0.4, 0.5) is 0 Å². The summed E-state index contributed by atoms with van der Waals surface area (Å²) in [5.41, 5.74) is 0. The van der Waals surface area contributed by atoms with Crippen LogP contribution in [-0.4, -0.2) is 55.3 Å². The molecule has 1 unspecified atom stereocenters. The minimum absolute atomic E-state index is 0.581. The van der Waals surface area contributed by atoms with E-state index in [4.69, 9.17) is 4.74 Å². The van der Waals surface area contributed by atoms with Crippen molar-refractivity contribution < 1.29 is 9.84 Å². The maximum Gasteiger partial charge on any atom is 0.154 e. The Labute approximate surface area is 137 Å². The Morgan fingerprint density at radius 3 is 2.41 bits per heavy atom. The van der Waals surface area contributed by atoms with Gasteiger partial charge in [-0.3, -0.25) is 9.89 Å². The summed E-state index contributed by atoms with van der Waals surface area (Å²) in [6, 6.07) is 0. The van der Waals surface area contributed by atoms with E-state index in [1.165, 1.54) is 51.4 Å². The monoisotopic (exact) mass is 312 g/mol. The number of aliphatic imine (C=N–C) groups is 1. The molecule has 1 aliphatic heterocycles. The van der Waals surface area contributed by atoms with Crippen molar-refractivity contribution in [2.75, 3.05) is 32.8 Å². The summed E-state index contributed by atoms with van der Waals surface area (Å²) in [6.45, 7) is 6.58. The van der Waals surface area contributed by atoms with Gasteiger partial charge in [0, 0.05) is 25.8 Å². The maximum absolute atomic E-state index is 9.81. The normalized spacial score (nSPS) is 17.0. The first kappa shape index (κ1) is 19.6. The number of unbranched alkanes of at least 4 members (excludes halogenated alkanes) is 8. The Morgan fingerprint density at radius 1 is 1.09 bits per heavy atom. The minimum Gasteiger partial charge on any atom is -0.368 e. The van der Waals surface area contributed by atoms with Gasteiger partial charge in [-0.15, -0.1) is 0 Å². The van der Waals surface area contributed by atoms with Gasteiger partial charge < -0.3 is 9.84 Å². The fourth-order valence-corrected chi connectivity index (χ4v) is 2.79. The highest BCUT2D eigenvalue weighted by molar-refractivity contribution is 5.60. The largest absolute Gasteiger partial charge is 0.368 e. The number of ether oxygens (including phenoxy) is 1. The predicted octanol–water partition coefficient (Wildman–Crippen LogP) is 3.63. The van der Waals surface area contributed by atoms with E-state index in [0.29, 0.717) is 6.61 Å². The lowest BCUT2D eigenvalue weighted by Gasteiger charge is -2.22. The molecule has 0 aromatic heterocycles. The highest BCUT2D eigenvalue weighted by atomic mass is 16.6. The van der Waals surface area contributed by atoms with Crippen molar-refractivity contribution in [3.63, 3.8) is 0 Å². The van der Waals surface area contributed by atoms with Crippen molar-refractivity contribution >= 4 is 6.21 Å². The molecule has 0 saturated heterocycles. The maximum atomic E-state index is 9.81. The van der Waals surface area contributed by atoms with E-state index in [2.05, 4.69) is 16.8 Å². The van der Waals surface area contributed by atoms with Crippen LogP contribution in [0.3, 0.4) is 0 Å². The number of rotatable bonds is 14. The van der Waals surface area contributed by atoms with Gasteiger partial charge in [-0.2, -0.15) is 0 Å². The molecule has 1 rings (SSSR count). The van der Waals surface area contributed by atoms with Gasteiger partial charge in [0.05, 0.1) is 13.2 Å². The Hall–Kier alpha value is -0.450. The molecule has 0 amide bonds. The molecule has 0 bridgehead atoms. The summed E-state index contributed by atoms with van der Waals surface area (Å²) in [5.74, 6) is 0. The quantitative estimate of drug-likeness (QED) is 0.393. The first-order valence-electron chi connectivity index (χ1n) is 9.33. The van der Waals surface area contributed by atoms with Crippen LogP contribution < -0.4 is 0 Å². The van der Waals surface area contributed by atoms with E-state index in [9.17, 15) is 5.11 Å². The van der Waals surface area contributed by atoms with Gasteiger partial charge in [0.1, 0.15) is 0 Å². The van der Waals surface area contributed by atoms with Gasteiger partial charge in [-0.25, -0.2) is 0 Å². The molecule has 1 heterocycles. The van der Waals surface area contributed by atoms with E-state index in [0.717, 1.165) is 39.0 Å². The van der Waals surface area contributed by atoms with Crippen LogP contribution in [-0.2, 0) is 4.74 Å². The molecule has 0 aromatic rings. The molecule has 4 nitrogen and oxygen atoms in total. The van der Waals surface area contributed by atoms with Gasteiger partial charge in [0.25, 0.3) is 0 Å². The summed E-state index contributed by atoms with van der Waals surface area (Å²) in [6.07, 6.45) is 14.0. The van der Waals surface area contributed by atoms with Crippen molar-refractivity contribution in [1.82, 2.24) is 4.90 Å². The van der Waals surface area contributed by atoms with E-state index in [1.807, 2.05) is 6.21 Å². The fraction of sp³-hybridized carbons (Fsp3) is 0.944. The SMILES string of the molecule is CCCCCCCCCCCC(O)OCCN1CC=NCC1. The number of nitrogens with zero attached hydrogens (tertiary/aromatic N) is 2. The second-order valence-electron chi connectivity index (χ2n) is 6.33. The molecule has 1 N–H and O–H groups in total. The van der Waals surface area contributed by atoms with Crippen LogP contribution in [0.25, 0.3) is 0 Å². The zero-order valence-electron chi connectivity index (χ0n) is 14.5. The summed E-state index contributed by atoms with van der Waals surface area (Å²) >= 11 is 0. The molecule has 1 aliphatic rings. The third kappa shape index (κ3) is 11.2. The molecule has 0 fully saturated rings. The lowest BCUT2D eigenvalue weighted by Crippen LogP contribution is -2.35. The van der Waals surface area contributed by atoms with Crippen LogP contribution >= 0.6 is 0 Å². The molecule has 0 radical (unpaired) electrons. The molecule has 0 aliphatic carbocycles. The molecular weight excluding hydrogens is 276 g/mol. The zero-order valence-corrected chi connectivity index (χ0v) is 14.5. The lowest BCUT2D eigenvalue weighted by molar-refractivity contribution is -0.107. The van der Waals surface area contributed by atoms with Crippen LogP contribution in [0, 0.1) is 0 Å². The second kappa shape index (κ2) is 14.2. The Kier molecular flexibility index (Phi) is 12.6. The number of hydrogen-bond donors (Lipinski definition) is 1. The second-order valence-corrected chi connectivity index (χ2v) is 6.33. The zero-order chi connectivity index (χ0) is 15.9. The Morgan fingerprint density at radius 2 is 1.77 bits per heavy atom. The van der Waals surface area contributed by atoms with E-state index >= 15 is 0 Å². The van der Waals surface area contributed by atoms with Crippen molar-refractivity contribution in [3.8, 4) is 0 Å². The third-order valence-electron chi connectivity index (χ3n) is 4.29. The first-order chi connectivity index (χ1) is 10.8. The highest BCUT2D eigenvalue weighted by Crippen LogP contribution is 2.11. The van der Waals surface area contributed by atoms with E-state index < -0.39 is 6.29 Å². The Balaban J connectivity index is 1.81. The van der Waals surface area contributed by atoms with Gasteiger partial charge in [0.2, 0.25) is 0 Å². The number of aliphatic hydroxyl groups excluding tert-OH is 1. The summed E-state index contributed by atoms with van der Waals surface area (Å²) in [4.78, 5) is 6.50. The first-order valence-corrected chi connectivity index (χ1v) is 9.33. The van der Waals surface area contributed by atoms with Gasteiger partial charge in [-0.1, -0.05) is 58.3 Å². The van der Waals surface area contributed by atoms with E-state index in [1.54, 1.807) is 0 Å². The van der Waals surface area contributed by atoms with Crippen molar-refractivity contribution in [1.29, 1.82) is 0 Å². The van der Waals surface area contributed by atoms with Crippen LogP contribution in [0.5, 0.6) is 0 Å². The standard InChI is InChI=1S/C18H36N2O2/c1-2-3-4-5-6-7-8-9-10-11-18(21)22-17-16-20-14-12-19-13-15-20/h12,18,21H,2-11,13-17H2,1H3. The topological polar surface area (TPSA) is 45.1 Å². The fourth-order valence-electron chi connectivity index (χ4n) is 2.79. The summed E-state index contributed by atoms with van der Waals surface area (Å²) in [7, 11) is 0. The average Bonchev–Trinajstić information content (AvgIpc) is 2.54. The molecule has 1 atom stereocenters. The number of aliphatic hydroxyl groups is 1. The summed E-state index contributed by atoms with van der Waals surface area (Å²) < 4.78 is 5.49. The van der Waals surface area contributed by atoms with Crippen molar-refractivity contribution in [2.24, 2.45) is 4.99 Å². The number of hydrogen-bond acceptors (Lipinski definition) is 4. The molecule has 0 aromatic carbocycles. The van der Waals surface area contributed by atoms with Crippen molar-refractivity contribution in [3.05, 3.63) is 0 Å². The van der Waals surface area contributed by atoms with Crippen LogP contribution in [0.15, 0.2) is 4.99 Å². The van der Waals surface area contributed by atoms with E-state index in [-0.39, 0.29) is 0 Å².